The summed E-state index contributed by atoms with van der Waals surface area (Å²) in [6, 6.07) is 10.3. The third kappa shape index (κ3) is 3.51. The van der Waals surface area contributed by atoms with E-state index in [9.17, 15) is 0 Å². The van der Waals surface area contributed by atoms with Crippen molar-refractivity contribution in [2.24, 2.45) is 0 Å². The minimum absolute atomic E-state index is 0.0500. The maximum Gasteiger partial charge on any atom is 0.138 e. The zero-order valence-corrected chi connectivity index (χ0v) is 18.6. The monoisotopic (exact) mass is 435 g/mol. The molecule has 2 atom stereocenters. The molecule has 4 heterocycles. The van der Waals surface area contributed by atoms with Crippen molar-refractivity contribution < 1.29 is 23.7 Å². The first kappa shape index (κ1) is 19.9. The second-order valence-electron chi connectivity index (χ2n) is 9.39. The Morgan fingerprint density at radius 1 is 1.06 bits per heavy atom. The molecule has 168 valence electrons. The molecule has 0 aliphatic carbocycles. The third-order valence-electron chi connectivity index (χ3n) is 6.71. The molecular weight excluding hydrogens is 406 g/mol. The lowest BCUT2D eigenvalue weighted by molar-refractivity contribution is 0.0322. The van der Waals surface area contributed by atoms with E-state index >= 15 is 0 Å². The smallest absolute Gasteiger partial charge is 0.138 e. The number of hydrogen-bond acceptors (Lipinski definition) is 6. The Labute approximate surface area is 188 Å². The van der Waals surface area contributed by atoms with Gasteiger partial charge in [-0.05, 0) is 44.2 Å². The van der Waals surface area contributed by atoms with Crippen molar-refractivity contribution in [3.05, 3.63) is 53.1 Å². The minimum atomic E-state index is -0.309. The molecule has 1 saturated heterocycles. The van der Waals surface area contributed by atoms with Gasteiger partial charge in [-0.15, -0.1) is 0 Å². The van der Waals surface area contributed by atoms with Crippen molar-refractivity contribution in [3.8, 4) is 23.0 Å². The Kier molecular flexibility index (Phi) is 4.81. The van der Waals surface area contributed by atoms with Crippen LogP contribution in [-0.4, -0.2) is 56.6 Å². The average molecular weight is 436 g/mol. The Bertz CT molecular complexity index is 1060. The molecular formula is C26H29NO5. The van der Waals surface area contributed by atoms with Crippen molar-refractivity contribution in [1.29, 1.82) is 0 Å². The van der Waals surface area contributed by atoms with Crippen LogP contribution in [0, 0.1) is 0 Å². The van der Waals surface area contributed by atoms with E-state index in [1.54, 1.807) is 0 Å². The number of ether oxygens (including phenoxy) is 5. The van der Waals surface area contributed by atoms with Crippen molar-refractivity contribution in [1.82, 2.24) is 4.90 Å². The average Bonchev–Trinajstić information content (AvgIpc) is 3.17. The van der Waals surface area contributed by atoms with E-state index in [1.807, 2.05) is 18.2 Å². The standard InChI is InChI=1S/C26H29NO5/c1-26(2)8-7-19-22(32-26)6-5-20-24(19)30-16-21-18-4-3-17(15-23(18)31-25(20)21)29-14-11-27-9-12-28-13-10-27/h3-8,15,21,25H,9-14,16H2,1-2H3/t21-,25-/m0/s1. The Morgan fingerprint density at radius 3 is 2.78 bits per heavy atom. The summed E-state index contributed by atoms with van der Waals surface area (Å²) in [6.45, 7) is 9.83. The molecule has 0 unspecified atom stereocenters. The summed E-state index contributed by atoms with van der Waals surface area (Å²) in [7, 11) is 0. The molecule has 0 amide bonds. The number of benzene rings is 2. The van der Waals surface area contributed by atoms with Crippen LogP contribution in [0.25, 0.3) is 6.08 Å². The first-order valence-electron chi connectivity index (χ1n) is 11.5. The molecule has 4 aliphatic rings. The molecule has 0 radical (unpaired) electrons. The van der Waals surface area contributed by atoms with Crippen LogP contribution in [0.5, 0.6) is 23.0 Å². The normalized spacial score (nSPS) is 24.8. The van der Waals surface area contributed by atoms with Gasteiger partial charge >= 0.3 is 0 Å². The van der Waals surface area contributed by atoms with Crippen molar-refractivity contribution >= 4 is 6.08 Å². The lowest BCUT2D eigenvalue weighted by atomic mass is 9.87. The predicted octanol–water partition coefficient (Wildman–Crippen LogP) is 4.19. The van der Waals surface area contributed by atoms with Gasteiger partial charge in [0.1, 0.15) is 41.3 Å². The summed E-state index contributed by atoms with van der Waals surface area (Å²) in [4.78, 5) is 2.37. The van der Waals surface area contributed by atoms with Crippen LogP contribution in [0.3, 0.4) is 0 Å². The number of hydrogen-bond donors (Lipinski definition) is 0. The Morgan fingerprint density at radius 2 is 1.91 bits per heavy atom. The van der Waals surface area contributed by atoms with Crippen LogP contribution in [0.15, 0.2) is 36.4 Å². The third-order valence-corrected chi connectivity index (χ3v) is 6.71. The molecule has 4 aliphatic heterocycles. The van der Waals surface area contributed by atoms with Gasteiger partial charge in [0.15, 0.2) is 0 Å². The SMILES string of the molecule is CC1(C)C=Cc2c(ccc3c2OC[C@H]2c4ccc(OCCN5CCOCC5)cc4O[C@@H]32)O1. The second-order valence-corrected chi connectivity index (χ2v) is 9.39. The number of fused-ring (bicyclic) bond motifs is 7. The quantitative estimate of drug-likeness (QED) is 0.718. The van der Waals surface area contributed by atoms with E-state index in [-0.39, 0.29) is 17.6 Å². The van der Waals surface area contributed by atoms with Crippen LogP contribution in [0.4, 0.5) is 0 Å². The van der Waals surface area contributed by atoms with Crippen LogP contribution < -0.4 is 18.9 Å². The molecule has 0 spiro atoms. The fourth-order valence-electron chi connectivity index (χ4n) is 4.97. The van der Waals surface area contributed by atoms with Gasteiger partial charge in [-0.25, -0.2) is 0 Å². The fourth-order valence-corrected chi connectivity index (χ4v) is 4.97. The van der Waals surface area contributed by atoms with E-state index in [0.29, 0.717) is 13.2 Å². The highest BCUT2D eigenvalue weighted by Crippen LogP contribution is 2.54. The largest absolute Gasteiger partial charge is 0.492 e. The topological polar surface area (TPSA) is 49.4 Å². The Balaban J connectivity index is 1.19. The van der Waals surface area contributed by atoms with Crippen molar-refractivity contribution in [2.75, 3.05) is 46.1 Å². The molecule has 1 fully saturated rings. The maximum absolute atomic E-state index is 6.45. The van der Waals surface area contributed by atoms with E-state index in [1.165, 1.54) is 5.56 Å². The molecule has 0 bridgehead atoms. The molecule has 0 aromatic heterocycles. The van der Waals surface area contributed by atoms with Crippen LogP contribution in [0.2, 0.25) is 0 Å². The van der Waals surface area contributed by atoms with Gasteiger partial charge in [0.25, 0.3) is 0 Å². The molecule has 0 saturated carbocycles. The van der Waals surface area contributed by atoms with Gasteiger partial charge in [0.2, 0.25) is 0 Å². The van der Waals surface area contributed by atoms with Gasteiger partial charge in [-0.2, -0.15) is 0 Å². The molecule has 0 N–H and O–H groups in total. The summed E-state index contributed by atoms with van der Waals surface area (Å²) < 4.78 is 30.3. The van der Waals surface area contributed by atoms with Crippen molar-refractivity contribution in [3.63, 3.8) is 0 Å². The zero-order chi connectivity index (χ0) is 21.7. The van der Waals surface area contributed by atoms with E-state index < -0.39 is 0 Å². The predicted molar refractivity (Wildman–Crippen MR) is 121 cm³/mol. The van der Waals surface area contributed by atoms with Crippen molar-refractivity contribution in [2.45, 2.75) is 31.5 Å². The van der Waals surface area contributed by atoms with E-state index in [2.05, 4.69) is 43.0 Å². The number of rotatable bonds is 4. The highest BCUT2D eigenvalue weighted by Gasteiger charge is 2.42. The lowest BCUT2D eigenvalue weighted by Crippen LogP contribution is -2.38. The minimum Gasteiger partial charge on any atom is -0.492 e. The van der Waals surface area contributed by atoms with Crippen LogP contribution in [-0.2, 0) is 4.74 Å². The van der Waals surface area contributed by atoms with Gasteiger partial charge in [-0.3, -0.25) is 4.90 Å². The molecule has 6 nitrogen and oxygen atoms in total. The van der Waals surface area contributed by atoms with E-state index in [4.69, 9.17) is 23.7 Å². The molecule has 6 rings (SSSR count). The fraction of sp³-hybridized carbons (Fsp3) is 0.462. The first-order chi connectivity index (χ1) is 15.6. The summed E-state index contributed by atoms with van der Waals surface area (Å²) >= 11 is 0. The van der Waals surface area contributed by atoms with Gasteiger partial charge in [0.05, 0.1) is 31.3 Å². The van der Waals surface area contributed by atoms with E-state index in [0.717, 1.165) is 67.0 Å². The van der Waals surface area contributed by atoms with Crippen LogP contribution >= 0.6 is 0 Å². The number of nitrogens with zero attached hydrogens (tertiary/aromatic N) is 1. The second kappa shape index (κ2) is 7.71. The summed E-state index contributed by atoms with van der Waals surface area (Å²) in [5.41, 5.74) is 2.97. The summed E-state index contributed by atoms with van der Waals surface area (Å²) in [5, 5.41) is 0. The highest BCUT2D eigenvalue weighted by molar-refractivity contribution is 5.70. The first-order valence-corrected chi connectivity index (χ1v) is 11.5. The lowest BCUT2D eigenvalue weighted by Gasteiger charge is -2.33. The summed E-state index contributed by atoms with van der Waals surface area (Å²) in [5.74, 6) is 3.67. The highest BCUT2D eigenvalue weighted by atomic mass is 16.5. The number of morpholine rings is 1. The van der Waals surface area contributed by atoms with Gasteiger partial charge in [-0.1, -0.05) is 6.07 Å². The Hall–Kier alpha value is -2.70. The molecule has 32 heavy (non-hydrogen) atoms. The van der Waals surface area contributed by atoms with Crippen LogP contribution in [0.1, 0.15) is 42.6 Å². The van der Waals surface area contributed by atoms with Gasteiger partial charge in [0, 0.05) is 36.8 Å². The molecule has 6 heteroatoms. The molecule has 2 aromatic rings. The molecule has 2 aromatic carbocycles. The maximum atomic E-state index is 6.45. The zero-order valence-electron chi connectivity index (χ0n) is 18.6. The summed E-state index contributed by atoms with van der Waals surface area (Å²) in [6.07, 6.45) is 4.14. The van der Waals surface area contributed by atoms with Gasteiger partial charge < -0.3 is 23.7 Å².